The highest BCUT2D eigenvalue weighted by Crippen LogP contribution is 2.08. The Kier molecular flexibility index (Phi) is 10.4. The summed E-state index contributed by atoms with van der Waals surface area (Å²) in [6.07, 6.45) is 1.27. The molecule has 1 atom stereocenters. The maximum Gasteiger partial charge on any atom is 0.408 e. The molecule has 0 radical (unpaired) electrons. The number of nitrogens with two attached hydrogens (primary N) is 1. The molecule has 2 amide bonds. The van der Waals surface area contributed by atoms with Crippen molar-refractivity contribution < 1.29 is 24.2 Å². The van der Waals surface area contributed by atoms with Gasteiger partial charge < -0.3 is 26.2 Å². The van der Waals surface area contributed by atoms with Crippen molar-refractivity contribution in [1.29, 1.82) is 5.41 Å². The number of rotatable bonds is 13. The highest BCUT2D eigenvalue weighted by atomic mass is 16.5. The summed E-state index contributed by atoms with van der Waals surface area (Å²) in [5, 5.41) is 21.5. The Hall–Kier alpha value is -3.88. The van der Waals surface area contributed by atoms with Crippen molar-refractivity contribution in [2.24, 2.45) is 5.73 Å². The van der Waals surface area contributed by atoms with Gasteiger partial charge in [0.1, 0.15) is 18.5 Å². The SMILES string of the molecule is N=C(N)c1ccc(CCCCNC(=O)C(CCC(=O)O)NC(=O)OCc2ccccc2)cc1. The predicted molar refractivity (Wildman–Crippen MR) is 124 cm³/mol. The number of unbranched alkanes of at least 4 members (excludes halogenated alkanes) is 1. The molecule has 2 aromatic rings. The highest BCUT2D eigenvalue weighted by Gasteiger charge is 2.22. The molecule has 0 aliphatic rings. The van der Waals surface area contributed by atoms with Crippen molar-refractivity contribution >= 4 is 23.8 Å². The Bertz CT molecular complexity index is 932. The molecule has 176 valence electrons. The molecule has 0 fully saturated rings. The molecule has 0 spiro atoms. The second-order valence-electron chi connectivity index (χ2n) is 7.55. The van der Waals surface area contributed by atoms with Crippen LogP contribution in [0.2, 0.25) is 0 Å². The van der Waals surface area contributed by atoms with E-state index in [4.69, 9.17) is 21.0 Å². The molecule has 9 nitrogen and oxygen atoms in total. The fourth-order valence-corrected chi connectivity index (χ4v) is 3.08. The zero-order chi connectivity index (χ0) is 24.1. The summed E-state index contributed by atoms with van der Waals surface area (Å²) in [5.74, 6) is -1.47. The number of aryl methyl sites for hydroxylation is 1. The molecule has 0 saturated carbocycles. The van der Waals surface area contributed by atoms with Crippen molar-refractivity contribution in [2.75, 3.05) is 6.54 Å². The first kappa shape index (κ1) is 25.4. The Morgan fingerprint density at radius 2 is 1.70 bits per heavy atom. The number of aliphatic carboxylic acids is 1. The van der Waals surface area contributed by atoms with Crippen LogP contribution in [0.25, 0.3) is 0 Å². The van der Waals surface area contributed by atoms with Gasteiger partial charge in [0.15, 0.2) is 0 Å². The van der Waals surface area contributed by atoms with Crippen LogP contribution in [0.3, 0.4) is 0 Å². The summed E-state index contributed by atoms with van der Waals surface area (Å²) in [4.78, 5) is 35.5. The van der Waals surface area contributed by atoms with Gasteiger partial charge in [-0.2, -0.15) is 0 Å². The van der Waals surface area contributed by atoms with Crippen LogP contribution in [0.4, 0.5) is 4.79 Å². The molecular weight excluding hydrogens is 424 g/mol. The zero-order valence-corrected chi connectivity index (χ0v) is 18.4. The smallest absolute Gasteiger partial charge is 0.408 e. The number of amidine groups is 1. The summed E-state index contributed by atoms with van der Waals surface area (Å²) in [6.45, 7) is 0.446. The third-order valence-corrected chi connectivity index (χ3v) is 4.92. The lowest BCUT2D eigenvalue weighted by Gasteiger charge is -2.18. The van der Waals surface area contributed by atoms with E-state index in [2.05, 4.69) is 10.6 Å². The van der Waals surface area contributed by atoms with E-state index >= 15 is 0 Å². The van der Waals surface area contributed by atoms with Crippen LogP contribution in [-0.4, -0.2) is 41.5 Å². The Balaban J connectivity index is 1.75. The maximum atomic E-state index is 12.5. The van der Waals surface area contributed by atoms with E-state index in [1.165, 1.54) is 0 Å². The first-order valence-electron chi connectivity index (χ1n) is 10.7. The number of carbonyl (C=O) groups is 3. The van der Waals surface area contributed by atoms with Crippen LogP contribution in [0.1, 0.15) is 42.4 Å². The molecule has 2 aromatic carbocycles. The second kappa shape index (κ2) is 13.5. The van der Waals surface area contributed by atoms with Gasteiger partial charge in [-0.1, -0.05) is 54.6 Å². The quantitative estimate of drug-likeness (QED) is 0.178. The monoisotopic (exact) mass is 454 g/mol. The average molecular weight is 455 g/mol. The molecule has 0 saturated heterocycles. The van der Waals surface area contributed by atoms with E-state index in [1.54, 1.807) is 24.3 Å². The van der Waals surface area contributed by atoms with Crippen LogP contribution in [0.5, 0.6) is 0 Å². The molecular formula is C24H30N4O5. The van der Waals surface area contributed by atoms with Gasteiger partial charge >= 0.3 is 12.1 Å². The number of alkyl carbamates (subject to hydrolysis) is 1. The molecule has 0 aliphatic heterocycles. The van der Waals surface area contributed by atoms with Crippen molar-refractivity contribution in [2.45, 2.75) is 44.8 Å². The molecule has 0 bridgehead atoms. The van der Waals surface area contributed by atoms with E-state index in [0.717, 1.165) is 24.0 Å². The highest BCUT2D eigenvalue weighted by molar-refractivity contribution is 5.94. The number of amides is 2. The Labute approximate surface area is 192 Å². The van der Waals surface area contributed by atoms with Crippen LogP contribution in [0, 0.1) is 5.41 Å². The van der Waals surface area contributed by atoms with E-state index in [1.807, 2.05) is 30.3 Å². The van der Waals surface area contributed by atoms with Gasteiger partial charge in [0, 0.05) is 18.5 Å². The van der Waals surface area contributed by atoms with Crippen molar-refractivity contribution in [1.82, 2.24) is 10.6 Å². The zero-order valence-electron chi connectivity index (χ0n) is 18.4. The number of nitrogens with one attached hydrogen (secondary N) is 3. The van der Waals surface area contributed by atoms with E-state index < -0.39 is 24.0 Å². The predicted octanol–water partition coefficient (Wildman–Crippen LogP) is 2.57. The summed E-state index contributed by atoms with van der Waals surface area (Å²) in [5.41, 5.74) is 8.02. The maximum absolute atomic E-state index is 12.5. The molecule has 0 aromatic heterocycles. The fraction of sp³-hybridized carbons (Fsp3) is 0.333. The second-order valence-corrected chi connectivity index (χ2v) is 7.55. The lowest BCUT2D eigenvalue weighted by molar-refractivity contribution is -0.137. The number of carbonyl (C=O) groups excluding carboxylic acids is 2. The third-order valence-electron chi connectivity index (χ3n) is 4.92. The van der Waals surface area contributed by atoms with E-state index in [0.29, 0.717) is 18.5 Å². The summed E-state index contributed by atoms with van der Waals surface area (Å²) >= 11 is 0. The number of ether oxygens (including phenoxy) is 1. The Morgan fingerprint density at radius 1 is 1.00 bits per heavy atom. The van der Waals surface area contributed by atoms with Gasteiger partial charge in [0.2, 0.25) is 5.91 Å². The number of hydrogen-bond donors (Lipinski definition) is 5. The van der Waals surface area contributed by atoms with E-state index in [9.17, 15) is 14.4 Å². The van der Waals surface area contributed by atoms with Crippen molar-refractivity contribution in [3.8, 4) is 0 Å². The minimum Gasteiger partial charge on any atom is -0.481 e. The summed E-state index contributed by atoms with van der Waals surface area (Å²) < 4.78 is 5.13. The largest absolute Gasteiger partial charge is 0.481 e. The molecule has 0 aliphatic carbocycles. The number of carboxylic acid groups (broad SMARTS) is 1. The molecule has 33 heavy (non-hydrogen) atoms. The van der Waals surface area contributed by atoms with Gasteiger partial charge in [-0.3, -0.25) is 15.0 Å². The normalized spacial score (nSPS) is 11.3. The first-order chi connectivity index (χ1) is 15.8. The van der Waals surface area contributed by atoms with Gasteiger partial charge in [0.05, 0.1) is 0 Å². The topological polar surface area (TPSA) is 155 Å². The van der Waals surface area contributed by atoms with Gasteiger partial charge in [-0.05, 0) is 36.8 Å². The first-order valence-corrected chi connectivity index (χ1v) is 10.7. The molecule has 9 heteroatoms. The lowest BCUT2D eigenvalue weighted by atomic mass is 10.1. The molecule has 1 unspecified atom stereocenters. The van der Waals surface area contributed by atoms with Crippen LogP contribution in [0.15, 0.2) is 54.6 Å². The van der Waals surface area contributed by atoms with Gasteiger partial charge in [-0.15, -0.1) is 0 Å². The Morgan fingerprint density at radius 3 is 2.33 bits per heavy atom. The van der Waals surface area contributed by atoms with Crippen molar-refractivity contribution in [3.05, 3.63) is 71.3 Å². The average Bonchev–Trinajstić information content (AvgIpc) is 2.81. The van der Waals surface area contributed by atoms with Crippen LogP contribution >= 0.6 is 0 Å². The van der Waals surface area contributed by atoms with Crippen LogP contribution < -0.4 is 16.4 Å². The fourth-order valence-electron chi connectivity index (χ4n) is 3.08. The van der Waals surface area contributed by atoms with Crippen molar-refractivity contribution in [3.63, 3.8) is 0 Å². The number of carboxylic acids is 1. The lowest BCUT2D eigenvalue weighted by Crippen LogP contribution is -2.47. The standard InChI is InChI=1S/C24H30N4O5/c25-22(26)19-11-9-17(10-12-19)6-4-5-15-27-23(31)20(13-14-21(29)30)28-24(32)33-16-18-7-2-1-3-8-18/h1-3,7-12,20H,4-6,13-16H2,(H3,25,26)(H,27,31)(H,28,32)(H,29,30). The number of nitrogen functional groups attached to an aromatic ring is 1. The minimum atomic E-state index is -1.05. The summed E-state index contributed by atoms with van der Waals surface area (Å²) in [6, 6.07) is 15.5. The number of hydrogen-bond acceptors (Lipinski definition) is 5. The van der Waals surface area contributed by atoms with Crippen LogP contribution in [-0.2, 0) is 27.4 Å². The molecule has 6 N–H and O–H groups in total. The molecule has 2 rings (SSSR count). The number of benzene rings is 2. The summed E-state index contributed by atoms with van der Waals surface area (Å²) in [7, 11) is 0. The minimum absolute atomic E-state index is 0.0271. The van der Waals surface area contributed by atoms with E-state index in [-0.39, 0.29) is 25.3 Å². The van der Waals surface area contributed by atoms with Gasteiger partial charge in [-0.25, -0.2) is 4.79 Å². The molecule has 0 heterocycles. The van der Waals surface area contributed by atoms with Gasteiger partial charge in [0.25, 0.3) is 0 Å². The third kappa shape index (κ3) is 9.86.